The Morgan fingerprint density at radius 3 is 2.79 bits per heavy atom. The average molecular weight is 458 g/mol. The molecule has 0 fully saturated rings. The van der Waals surface area contributed by atoms with E-state index in [0.29, 0.717) is 22.6 Å². The fraction of sp³-hybridized carbons (Fsp3) is 0.105. The monoisotopic (exact) mass is 457 g/mol. The standard InChI is InChI=1S/C19H16BrN5O2S/c20-14-7-4-8-15(9-14)26-11-17-23-24-19(25(17)21)28-12-18-22-10-16(27-18)13-5-2-1-3-6-13/h1-10H,11-12,21H2. The van der Waals surface area contributed by atoms with Gasteiger partial charge in [0.1, 0.15) is 12.4 Å². The molecule has 0 amide bonds. The number of benzene rings is 2. The molecule has 0 unspecified atom stereocenters. The molecule has 4 aromatic rings. The third-order valence-electron chi connectivity index (χ3n) is 3.84. The number of thioether (sulfide) groups is 1. The molecule has 2 aromatic carbocycles. The van der Waals surface area contributed by atoms with Gasteiger partial charge in [0.05, 0.1) is 11.9 Å². The Bertz CT molecular complexity index is 1070. The van der Waals surface area contributed by atoms with Gasteiger partial charge in [0.2, 0.25) is 11.0 Å². The van der Waals surface area contributed by atoms with Crippen molar-refractivity contribution in [2.75, 3.05) is 5.84 Å². The molecule has 0 aliphatic rings. The molecule has 2 aromatic heterocycles. The summed E-state index contributed by atoms with van der Waals surface area (Å²) in [5.74, 6) is 9.16. The lowest BCUT2D eigenvalue weighted by atomic mass is 10.2. The lowest BCUT2D eigenvalue weighted by Gasteiger charge is -2.06. The first kappa shape index (κ1) is 18.6. The molecule has 4 rings (SSSR count). The maximum atomic E-state index is 6.09. The van der Waals surface area contributed by atoms with Gasteiger partial charge in [0.25, 0.3) is 0 Å². The highest BCUT2D eigenvalue weighted by molar-refractivity contribution is 9.10. The fourth-order valence-electron chi connectivity index (χ4n) is 2.45. The number of hydrogen-bond acceptors (Lipinski definition) is 7. The zero-order valence-electron chi connectivity index (χ0n) is 14.7. The van der Waals surface area contributed by atoms with E-state index in [9.17, 15) is 0 Å². The third kappa shape index (κ3) is 4.37. The summed E-state index contributed by atoms with van der Waals surface area (Å²) in [5.41, 5.74) is 0.986. The van der Waals surface area contributed by atoms with Gasteiger partial charge in [-0.25, -0.2) is 9.66 Å². The van der Waals surface area contributed by atoms with E-state index in [2.05, 4.69) is 31.1 Å². The number of rotatable bonds is 7. The summed E-state index contributed by atoms with van der Waals surface area (Å²) in [5, 5.41) is 8.78. The van der Waals surface area contributed by atoms with Crippen LogP contribution in [0.1, 0.15) is 11.7 Å². The maximum absolute atomic E-state index is 6.09. The van der Waals surface area contributed by atoms with E-state index in [1.54, 1.807) is 6.20 Å². The van der Waals surface area contributed by atoms with E-state index in [1.807, 2.05) is 54.6 Å². The summed E-state index contributed by atoms with van der Waals surface area (Å²) in [7, 11) is 0. The van der Waals surface area contributed by atoms with Crippen LogP contribution in [0.4, 0.5) is 0 Å². The molecule has 0 aliphatic carbocycles. The Kier molecular flexibility index (Phi) is 5.63. The smallest absolute Gasteiger partial charge is 0.210 e. The number of aromatic nitrogens is 4. The lowest BCUT2D eigenvalue weighted by Crippen LogP contribution is -2.15. The Labute approximate surface area is 174 Å². The SMILES string of the molecule is Nn1c(COc2cccc(Br)c2)nnc1SCc1ncc(-c2ccccc2)o1. The largest absolute Gasteiger partial charge is 0.485 e. The van der Waals surface area contributed by atoms with Crippen LogP contribution < -0.4 is 10.6 Å². The Morgan fingerprint density at radius 1 is 1.11 bits per heavy atom. The van der Waals surface area contributed by atoms with Gasteiger partial charge in [0.15, 0.2) is 11.6 Å². The molecule has 2 N–H and O–H groups in total. The quantitative estimate of drug-likeness (QED) is 0.327. The van der Waals surface area contributed by atoms with Crippen molar-refractivity contribution in [2.24, 2.45) is 0 Å². The summed E-state index contributed by atoms with van der Waals surface area (Å²) in [6, 6.07) is 17.4. The number of halogens is 1. The third-order valence-corrected chi connectivity index (χ3v) is 5.26. The minimum atomic E-state index is 0.220. The summed E-state index contributed by atoms with van der Waals surface area (Å²) < 4.78 is 13.9. The summed E-state index contributed by atoms with van der Waals surface area (Å²) >= 11 is 4.81. The predicted molar refractivity (Wildman–Crippen MR) is 110 cm³/mol. The molecular formula is C19H16BrN5O2S. The molecule has 0 aliphatic heterocycles. The van der Waals surface area contributed by atoms with Crippen molar-refractivity contribution < 1.29 is 9.15 Å². The van der Waals surface area contributed by atoms with E-state index >= 15 is 0 Å². The van der Waals surface area contributed by atoms with Crippen LogP contribution in [0, 0.1) is 0 Å². The molecule has 0 radical (unpaired) electrons. The second-order valence-electron chi connectivity index (χ2n) is 5.79. The Balaban J connectivity index is 1.36. The minimum Gasteiger partial charge on any atom is -0.485 e. The molecule has 0 spiro atoms. The Hall–Kier alpha value is -2.78. The highest BCUT2D eigenvalue weighted by Crippen LogP contribution is 2.25. The number of ether oxygens (including phenoxy) is 1. The van der Waals surface area contributed by atoms with Crippen molar-refractivity contribution in [1.82, 2.24) is 19.9 Å². The van der Waals surface area contributed by atoms with Gasteiger partial charge >= 0.3 is 0 Å². The topological polar surface area (TPSA) is 92.0 Å². The van der Waals surface area contributed by atoms with Crippen LogP contribution in [-0.2, 0) is 12.4 Å². The van der Waals surface area contributed by atoms with E-state index < -0.39 is 0 Å². The highest BCUT2D eigenvalue weighted by atomic mass is 79.9. The molecule has 7 nitrogen and oxygen atoms in total. The maximum Gasteiger partial charge on any atom is 0.210 e. The molecule has 9 heteroatoms. The zero-order valence-corrected chi connectivity index (χ0v) is 17.1. The molecule has 28 heavy (non-hydrogen) atoms. The van der Waals surface area contributed by atoms with E-state index in [1.165, 1.54) is 16.4 Å². The molecule has 0 saturated carbocycles. The highest BCUT2D eigenvalue weighted by Gasteiger charge is 2.13. The van der Waals surface area contributed by atoms with Crippen LogP contribution in [0.25, 0.3) is 11.3 Å². The number of nitrogens with zero attached hydrogens (tertiary/aromatic N) is 4. The number of nitrogens with two attached hydrogens (primary N) is 1. The fourth-order valence-corrected chi connectivity index (χ4v) is 3.56. The molecule has 0 bridgehead atoms. The lowest BCUT2D eigenvalue weighted by molar-refractivity contribution is 0.291. The van der Waals surface area contributed by atoms with Gasteiger partial charge in [0, 0.05) is 10.0 Å². The van der Waals surface area contributed by atoms with E-state index in [4.69, 9.17) is 15.0 Å². The number of nitrogen functional groups attached to an aromatic ring is 1. The predicted octanol–water partition coefficient (Wildman–Crippen LogP) is 4.28. The van der Waals surface area contributed by atoms with Crippen LogP contribution in [-0.4, -0.2) is 19.9 Å². The van der Waals surface area contributed by atoms with Crippen LogP contribution in [0.15, 0.2) is 74.8 Å². The molecule has 0 atom stereocenters. The van der Waals surface area contributed by atoms with Crippen molar-refractivity contribution in [3.8, 4) is 17.1 Å². The number of oxazole rings is 1. The second kappa shape index (κ2) is 8.49. The van der Waals surface area contributed by atoms with Crippen LogP contribution in [0.5, 0.6) is 5.75 Å². The van der Waals surface area contributed by atoms with Gasteiger partial charge in [-0.15, -0.1) is 10.2 Å². The van der Waals surface area contributed by atoms with E-state index in [-0.39, 0.29) is 6.61 Å². The van der Waals surface area contributed by atoms with Crippen molar-refractivity contribution in [2.45, 2.75) is 17.5 Å². The van der Waals surface area contributed by atoms with Gasteiger partial charge in [-0.3, -0.25) is 0 Å². The van der Waals surface area contributed by atoms with Crippen LogP contribution >= 0.6 is 27.7 Å². The van der Waals surface area contributed by atoms with Crippen molar-refractivity contribution >= 4 is 27.7 Å². The van der Waals surface area contributed by atoms with Crippen molar-refractivity contribution in [3.63, 3.8) is 0 Å². The van der Waals surface area contributed by atoms with Gasteiger partial charge in [-0.2, -0.15) is 0 Å². The first-order valence-electron chi connectivity index (χ1n) is 8.40. The molecule has 0 saturated heterocycles. The Morgan fingerprint density at radius 2 is 1.96 bits per heavy atom. The summed E-state index contributed by atoms with van der Waals surface area (Å²) in [6.07, 6.45) is 1.72. The second-order valence-corrected chi connectivity index (χ2v) is 7.65. The van der Waals surface area contributed by atoms with Gasteiger partial charge < -0.3 is 15.0 Å². The summed E-state index contributed by atoms with van der Waals surface area (Å²) in [6.45, 7) is 0.220. The first-order valence-corrected chi connectivity index (χ1v) is 10.2. The van der Waals surface area contributed by atoms with E-state index in [0.717, 1.165) is 21.5 Å². The normalized spacial score (nSPS) is 10.9. The number of hydrogen-bond donors (Lipinski definition) is 1. The van der Waals surface area contributed by atoms with Crippen molar-refractivity contribution in [3.05, 3.63) is 77.0 Å². The van der Waals surface area contributed by atoms with Crippen LogP contribution in [0.3, 0.4) is 0 Å². The zero-order chi connectivity index (χ0) is 19.3. The van der Waals surface area contributed by atoms with Gasteiger partial charge in [-0.05, 0) is 18.2 Å². The molecular weight excluding hydrogens is 442 g/mol. The van der Waals surface area contributed by atoms with Crippen LogP contribution in [0.2, 0.25) is 0 Å². The van der Waals surface area contributed by atoms with Gasteiger partial charge in [-0.1, -0.05) is 64.1 Å². The molecule has 142 valence electrons. The summed E-state index contributed by atoms with van der Waals surface area (Å²) in [4.78, 5) is 4.31. The molecule has 2 heterocycles. The van der Waals surface area contributed by atoms with Crippen molar-refractivity contribution in [1.29, 1.82) is 0 Å². The first-order chi connectivity index (χ1) is 13.7. The average Bonchev–Trinajstić information content (AvgIpc) is 3.32. The minimum absolute atomic E-state index is 0.220.